The summed E-state index contributed by atoms with van der Waals surface area (Å²) in [6.45, 7) is 0. The van der Waals surface area contributed by atoms with Gasteiger partial charge in [-0.3, -0.25) is 9.36 Å². The van der Waals surface area contributed by atoms with Gasteiger partial charge in [0.05, 0.1) is 15.7 Å². The van der Waals surface area contributed by atoms with E-state index in [-0.39, 0.29) is 15.2 Å². The highest BCUT2D eigenvalue weighted by Crippen LogP contribution is 2.29. The van der Waals surface area contributed by atoms with E-state index in [1.807, 2.05) is 0 Å². The van der Waals surface area contributed by atoms with E-state index >= 15 is 0 Å². The molecule has 0 amide bonds. The van der Waals surface area contributed by atoms with E-state index in [1.165, 1.54) is 24.5 Å². The number of hydrogen-bond donors (Lipinski definition) is 0. The summed E-state index contributed by atoms with van der Waals surface area (Å²) in [6.07, 6.45) is -3.16. The molecule has 0 fully saturated rings. The van der Waals surface area contributed by atoms with Crippen LogP contribution in [0, 0.1) is 0 Å². The average Bonchev–Trinajstić information content (AvgIpc) is 2.40. The zero-order valence-electron chi connectivity index (χ0n) is 10.4. The normalized spacial score (nSPS) is 11.7. The monoisotopic (exact) mass is 354 g/mol. The third-order valence-electron chi connectivity index (χ3n) is 2.52. The Kier molecular flexibility index (Phi) is 4.55. The Morgan fingerprint density at radius 1 is 1.19 bits per heavy atom. The van der Waals surface area contributed by atoms with Crippen LogP contribution < -0.4 is 5.56 Å². The molecule has 1 heterocycles. The van der Waals surface area contributed by atoms with Gasteiger partial charge in [-0.05, 0) is 24.5 Å². The number of hydrogen-bond acceptors (Lipinski definition) is 3. The minimum atomic E-state index is -4.68. The highest BCUT2D eigenvalue weighted by Gasteiger charge is 2.34. The second-order valence-corrected chi connectivity index (χ2v) is 5.49. The van der Waals surface area contributed by atoms with Crippen molar-refractivity contribution in [2.45, 2.75) is 11.3 Å². The Bertz CT molecular complexity index is 746. The summed E-state index contributed by atoms with van der Waals surface area (Å²) in [5.41, 5.74) is -1.78. The Morgan fingerprint density at radius 2 is 1.86 bits per heavy atom. The molecule has 0 N–H and O–H groups in total. The fourth-order valence-electron chi connectivity index (χ4n) is 1.61. The van der Waals surface area contributed by atoms with E-state index in [2.05, 4.69) is 4.98 Å². The predicted octanol–water partition coefficient (Wildman–Crippen LogP) is 4.28. The van der Waals surface area contributed by atoms with Gasteiger partial charge in [-0.1, -0.05) is 35.0 Å². The van der Waals surface area contributed by atoms with Gasteiger partial charge in [0.1, 0.15) is 0 Å². The van der Waals surface area contributed by atoms with Crippen molar-refractivity contribution >= 4 is 35.0 Å². The third kappa shape index (κ3) is 3.36. The first-order valence-electron chi connectivity index (χ1n) is 5.44. The summed E-state index contributed by atoms with van der Waals surface area (Å²) in [6, 6.07) is 4.76. The van der Waals surface area contributed by atoms with E-state index in [9.17, 15) is 18.0 Å². The van der Waals surface area contributed by atoms with Crippen molar-refractivity contribution in [1.82, 2.24) is 9.55 Å². The molecule has 0 radical (unpaired) electrons. The molecule has 0 bridgehead atoms. The van der Waals surface area contributed by atoms with Crippen LogP contribution in [0.3, 0.4) is 0 Å². The number of halogens is 5. The SMILES string of the molecule is CSc1nc(C(F)(F)F)cc(=O)n1-c1ccc(Cl)c(Cl)c1. The first-order valence-corrected chi connectivity index (χ1v) is 7.43. The first kappa shape index (κ1) is 16.2. The van der Waals surface area contributed by atoms with Crippen molar-refractivity contribution in [3.05, 3.63) is 50.4 Å². The second-order valence-electron chi connectivity index (χ2n) is 3.90. The van der Waals surface area contributed by atoms with Crippen molar-refractivity contribution in [2.75, 3.05) is 6.26 Å². The minimum absolute atomic E-state index is 0.0896. The van der Waals surface area contributed by atoms with Crippen LogP contribution in [0.2, 0.25) is 10.0 Å². The van der Waals surface area contributed by atoms with E-state index in [4.69, 9.17) is 23.2 Å². The molecular formula is C12H7Cl2F3N2OS. The van der Waals surface area contributed by atoms with Crippen LogP contribution in [-0.4, -0.2) is 15.8 Å². The lowest BCUT2D eigenvalue weighted by atomic mass is 10.3. The Hall–Kier alpha value is -1.18. The summed E-state index contributed by atoms with van der Waals surface area (Å²) >= 11 is 12.6. The maximum atomic E-state index is 12.7. The first-order chi connectivity index (χ1) is 9.74. The molecule has 112 valence electrons. The van der Waals surface area contributed by atoms with Gasteiger partial charge in [0.15, 0.2) is 10.9 Å². The van der Waals surface area contributed by atoms with Gasteiger partial charge in [0.2, 0.25) is 0 Å². The fourth-order valence-corrected chi connectivity index (χ4v) is 2.46. The van der Waals surface area contributed by atoms with Crippen molar-refractivity contribution in [2.24, 2.45) is 0 Å². The van der Waals surface area contributed by atoms with Gasteiger partial charge < -0.3 is 0 Å². The molecule has 0 unspecified atom stereocenters. The van der Waals surface area contributed by atoms with Crippen molar-refractivity contribution in [3.8, 4) is 5.69 Å². The molecule has 0 aliphatic heterocycles. The molecular weight excluding hydrogens is 348 g/mol. The summed E-state index contributed by atoms with van der Waals surface area (Å²) in [5.74, 6) is 0. The van der Waals surface area contributed by atoms with Crippen molar-refractivity contribution in [3.63, 3.8) is 0 Å². The Balaban J connectivity index is 2.69. The Morgan fingerprint density at radius 3 is 2.38 bits per heavy atom. The largest absolute Gasteiger partial charge is 0.433 e. The number of thioether (sulfide) groups is 1. The molecule has 1 aromatic heterocycles. The maximum Gasteiger partial charge on any atom is 0.433 e. The van der Waals surface area contributed by atoms with E-state index < -0.39 is 17.4 Å². The van der Waals surface area contributed by atoms with E-state index in [0.717, 1.165) is 16.3 Å². The maximum absolute atomic E-state index is 12.7. The highest BCUT2D eigenvalue weighted by molar-refractivity contribution is 7.98. The lowest BCUT2D eigenvalue weighted by molar-refractivity contribution is -0.141. The summed E-state index contributed by atoms with van der Waals surface area (Å²) in [4.78, 5) is 15.5. The minimum Gasteiger partial charge on any atom is -0.269 e. The molecule has 0 saturated carbocycles. The molecule has 9 heteroatoms. The van der Waals surface area contributed by atoms with Crippen LogP contribution in [0.25, 0.3) is 5.69 Å². The summed E-state index contributed by atoms with van der Waals surface area (Å²) < 4.78 is 39.1. The molecule has 2 rings (SSSR count). The van der Waals surface area contributed by atoms with E-state index in [1.54, 1.807) is 0 Å². The Labute approximate surface area is 131 Å². The van der Waals surface area contributed by atoms with Gasteiger partial charge in [0.25, 0.3) is 5.56 Å². The molecule has 0 aliphatic carbocycles. The van der Waals surface area contributed by atoms with Gasteiger partial charge in [-0.15, -0.1) is 0 Å². The van der Waals surface area contributed by atoms with Crippen LogP contribution >= 0.6 is 35.0 Å². The topological polar surface area (TPSA) is 34.9 Å². The summed E-state index contributed by atoms with van der Waals surface area (Å²) in [7, 11) is 0. The van der Waals surface area contributed by atoms with Crippen LogP contribution in [-0.2, 0) is 6.18 Å². The predicted molar refractivity (Wildman–Crippen MR) is 76.6 cm³/mol. The molecule has 0 aliphatic rings. The molecule has 2 aromatic rings. The molecule has 0 atom stereocenters. The fraction of sp³-hybridized carbons (Fsp3) is 0.167. The lowest BCUT2D eigenvalue weighted by Crippen LogP contribution is -2.24. The zero-order chi connectivity index (χ0) is 15.8. The van der Waals surface area contributed by atoms with Gasteiger partial charge >= 0.3 is 6.18 Å². The highest BCUT2D eigenvalue weighted by atomic mass is 35.5. The number of rotatable bonds is 2. The van der Waals surface area contributed by atoms with Gasteiger partial charge in [0, 0.05) is 6.07 Å². The quantitative estimate of drug-likeness (QED) is 0.596. The second kappa shape index (κ2) is 5.90. The number of benzene rings is 1. The number of alkyl halides is 3. The average molecular weight is 355 g/mol. The third-order valence-corrected chi connectivity index (χ3v) is 3.90. The zero-order valence-corrected chi connectivity index (χ0v) is 12.7. The van der Waals surface area contributed by atoms with Crippen LogP contribution in [0.5, 0.6) is 0 Å². The molecule has 0 saturated heterocycles. The summed E-state index contributed by atoms with van der Waals surface area (Å²) in [5, 5.41) is 0.375. The molecule has 21 heavy (non-hydrogen) atoms. The molecule has 1 aromatic carbocycles. The lowest BCUT2D eigenvalue weighted by Gasteiger charge is -2.13. The van der Waals surface area contributed by atoms with E-state index in [0.29, 0.717) is 11.8 Å². The number of nitrogens with zero attached hydrogens (tertiary/aromatic N) is 2. The van der Waals surface area contributed by atoms with Gasteiger partial charge in [-0.25, -0.2) is 4.98 Å². The smallest absolute Gasteiger partial charge is 0.269 e. The standard InChI is InChI=1S/C12H7Cl2F3N2OS/c1-21-11-18-9(12(15,16)17)5-10(20)19(11)6-2-3-7(13)8(14)4-6/h2-5H,1H3. The van der Waals surface area contributed by atoms with Crippen LogP contribution in [0.15, 0.2) is 34.2 Å². The van der Waals surface area contributed by atoms with Gasteiger partial charge in [-0.2, -0.15) is 13.2 Å². The number of aromatic nitrogens is 2. The van der Waals surface area contributed by atoms with Crippen LogP contribution in [0.4, 0.5) is 13.2 Å². The molecule has 3 nitrogen and oxygen atoms in total. The van der Waals surface area contributed by atoms with Crippen molar-refractivity contribution < 1.29 is 13.2 Å². The molecule has 0 spiro atoms. The van der Waals surface area contributed by atoms with Crippen molar-refractivity contribution in [1.29, 1.82) is 0 Å². The van der Waals surface area contributed by atoms with Crippen LogP contribution in [0.1, 0.15) is 5.69 Å².